The van der Waals surface area contributed by atoms with Crippen LogP contribution in [0.1, 0.15) is 17.5 Å². The van der Waals surface area contributed by atoms with E-state index in [1.54, 1.807) is 24.3 Å². The van der Waals surface area contributed by atoms with Gasteiger partial charge in [0.2, 0.25) is 0 Å². The summed E-state index contributed by atoms with van der Waals surface area (Å²) >= 11 is 5.94. The first kappa shape index (κ1) is 17.1. The van der Waals surface area contributed by atoms with Crippen LogP contribution in [0.4, 0.5) is 5.69 Å². The second-order valence-corrected chi connectivity index (χ2v) is 6.21. The molecule has 25 heavy (non-hydrogen) atoms. The van der Waals surface area contributed by atoms with E-state index >= 15 is 0 Å². The number of nitrogens with one attached hydrogen (secondary N) is 1. The molecule has 0 fully saturated rings. The minimum Gasteiger partial charge on any atom is -0.375 e. The van der Waals surface area contributed by atoms with Crippen LogP contribution in [0.25, 0.3) is 6.08 Å². The fourth-order valence-corrected chi connectivity index (χ4v) is 2.87. The summed E-state index contributed by atoms with van der Waals surface area (Å²) in [5, 5.41) is 13.7. The van der Waals surface area contributed by atoms with Crippen LogP contribution in [-0.4, -0.2) is 16.8 Å². The lowest BCUT2D eigenvalue weighted by molar-refractivity contribution is -0.138. The summed E-state index contributed by atoms with van der Waals surface area (Å²) in [6.45, 7) is 0. The Labute approximate surface area is 150 Å². The van der Waals surface area contributed by atoms with E-state index in [4.69, 9.17) is 11.6 Å². The molecule has 0 aromatic heterocycles. The Morgan fingerprint density at radius 3 is 2.68 bits per heavy atom. The maximum absolute atomic E-state index is 12.2. The Hall–Kier alpha value is -2.69. The number of aliphatic hydroxyl groups is 1. The molecule has 1 aliphatic rings. The molecule has 1 atom stereocenters. The molecule has 1 amide bonds. The van der Waals surface area contributed by atoms with Gasteiger partial charge < -0.3 is 10.4 Å². The Bertz CT molecular complexity index is 874. The largest absolute Gasteiger partial charge is 0.375 e. The van der Waals surface area contributed by atoms with Crippen molar-refractivity contribution in [1.82, 2.24) is 0 Å². The summed E-state index contributed by atoms with van der Waals surface area (Å²) in [6.07, 6.45) is 6.17. The number of hydrogen-bond donors (Lipinski definition) is 2. The Balaban J connectivity index is 1.71. The van der Waals surface area contributed by atoms with Crippen molar-refractivity contribution in [3.63, 3.8) is 0 Å². The van der Waals surface area contributed by atoms with E-state index in [-0.39, 0.29) is 12.2 Å². The van der Waals surface area contributed by atoms with Crippen LogP contribution in [0.5, 0.6) is 0 Å². The highest BCUT2D eigenvalue weighted by molar-refractivity contribution is 6.31. The summed E-state index contributed by atoms with van der Waals surface area (Å²) in [6, 6.07) is 14.4. The first-order chi connectivity index (χ1) is 12.0. The zero-order valence-electron chi connectivity index (χ0n) is 13.3. The molecule has 0 unspecified atom stereocenters. The first-order valence-electron chi connectivity index (χ1n) is 7.75. The van der Waals surface area contributed by atoms with Crippen LogP contribution in [0.3, 0.4) is 0 Å². The number of carbonyl (C=O) groups excluding carboxylic acids is 2. The number of amides is 1. The van der Waals surface area contributed by atoms with E-state index in [1.807, 2.05) is 36.4 Å². The Morgan fingerprint density at radius 2 is 1.92 bits per heavy atom. The van der Waals surface area contributed by atoms with Gasteiger partial charge in [-0.2, -0.15) is 0 Å². The van der Waals surface area contributed by atoms with Crippen molar-refractivity contribution >= 4 is 35.1 Å². The highest BCUT2D eigenvalue weighted by atomic mass is 35.5. The predicted molar refractivity (Wildman–Crippen MR) is 98.2 cm³/mol. The van der Waals surface area contributed by atoms with Gasteiger partial charge in [-0.1, -0.05) is 60.2 Å². The lowest BCUT2D eigenvalue weighted by Gasteiger charge is -2.19. The van der Waals surface area contributed by atoms with Gasteiger partial charge in [0.25, 0.3) is 5.91 Å². The molecule has 5 heteroatoms. The lowest BCUT2D eigenvalue weighted by Crippen LogP contribution is -2.36. The van der Waals surface area contributed by atoms with Gasteiger partial charge in [0.15, 0.2) is 11.4 Å². The molecule has 0 saturated carbocycles. The van der Waals surface area contributed by atoms with E-state index in [1.165, 1.54) is 12.1 Å². The molecule has 3 rings (SSSR count). The van der Waals surface area contributed by atoms with Crippen molar-refractivity contribution in [1.29, 1.82) is 0 Å². The second-order valence-electron chi connectivity index (χ2n) is 5.78. The van der Waals surface area contributed by atoms with Crippen LogP contribution < -0.4 is 5.32 Å². The first-order valence-corrected chi connectivity index (χ1v) is 8.13. The summed E-state index contributed by atoms with van der Waals surface area (Å²) in [5.41, 5.74) is -0.0914. The van der Waals surface area contributed by atoms with Gasteiger partial charge in [0, 0.05) is 16.3 Å². The highest BCUT2D eigenvalue weighted by Crippen LogP contribution is 2.39. The molecule has 0 bridgehead atoms. The fraction of sp³-hybridized carbons (Fsp3) is 0.100. The van der Waals surface area contributed by atoms with Crippen molar-refractivity contribution in [3.05, 3.63) is 82.9 Å². The van der Waals surface area contributed by atoms with Gasteiger partial charge in [-0.05, 0) is 29.8 Å². The van der Waals surface area contributed by atoms with Crippen LogP contribution in [0.15, 0.2) is 66.8 Å². The third-order valence-corrected chi connectivity index (χ3v) is 4.20. The summed E-state index contributed by atoms with van der Waals surface area (Å²) in [5.74, 6) is -0.977. The monoisotopic (exact) mass is 353 g/mol. The van der Waals surface area contributed by atoms with Gasteiger partial charge in [-0.15, -0.1) is 0 Å². The summed E-state index contributed by atoms with van der Waals surface area (Å²) < 4.78 is 0. The van der Waals surface area contributed by atoms with Crippen molar-refractivity contribution in [3.8, 4) is 0 Å². The minimum atomic E-state index is -1.90. The van der Waals surface area contributed by atoms with Crippen LogP contribution in [0, 0.1) is 0 Å². The molecule has 2 aromatic carbocycles. The van der Waals surface area contributed by atoms with Crippen molar-refractivity contribution < 1.29 is 14.7 Å². The van der Waals surface area contributed by atoms with E-state index in [0.717, 1.165) is 5.56 Å². The smallest absolute Gasteiger partial charge is 0.261 e. The second kappa shape index (κ2) is 7.05. The number of allylic oxidation sites excluding steroid dienone is 3. The molecule has 126 valence electrons. The number of anilines is 1. The molecule has 2 N–H and O–H groups in total. The molecule has 1 heterocycles. The van der Waals surface area contributed by atoms with E-state index in [9.17, 15) is 14.7 Å². The maximum atomic E-state index is 12.2. The lowest BCUT2D eigenvalue weighted by atomic mass is 9.90. The molecular weight excluding hydrogens is 338 g/mol. The van der Waals surface area contributed by atoms with Crippen LogP contribution in [-0.2, 0) is 15.2 Å². The summed E-state index contributed by atoms with van der Waals surface area (Å²) in [4.78, 5) is 24.3. The average Bonchev–Trinajstić information content (AvgIpc) is 2.83. The zero-order valence-corrected chi connectivity index (χ0v) is 14.0. The average molecular weight is 354 g/mol. The molecule has 4 nitrogen and oxygen atoms in total. The predicted octanol–water partition coefficient (Wildman–Crippen LogP) is 3.71. The van der Waals surface area contributed by atoms with Crippen molar-refractivity contribution in [2.24, 2.45) is 0 Å². The van der Waals surface area contributed by atoms with E-state index in [0.29, 0.717) is 16.3 Å². The van der Waals surface area contributed by atoms with Gasteiger partial charge in [-0.3, -0.25) is 9.59 Å². The standard InChI is InChI=1S/C20H16ClNO3/c21-15-10-11-18-17(12-15)20(25,19(24)22-18)13-16(23)9-5-4-8-14-6-2-1-3-7-14/h1-12,25H,13H2,(H,22,24)/b8-4+,9-5+/t20-/m0/s1. The third-order valence-electron chi connectivity index (χ3n) is 3.96. The zero-order chi connectivity index (χ0) is 17.9. The minimum absolute atomic E-state index is 0.326. The molecule has 0 spiro atoms. The quantitative estimate of drug-likeness (QED) is 0.636. The van der Waals surface area contributed by atoms with Gasteiger partial charge in [0.05, 0.1) is 6.42 Å². The topological polar surface area (TPSA) is 66.4 Å². The third kappa shape index (κ3) is 3.71. The van der Waals surface area contributed by atoms with Gasteiger partial charge in [0.1, 0.15) is 0 Å². The maximum Gasteiger partial charge on any atom is 0.261 e. The molecule has 0 radical (unpaired) electrons. The number of halogens is 1. The number of carbonyl (C=O) groups is 2. The number of rotatable bonds is 5. The number of hydrogen-bond acceptors (Lipinski definition) is 3. The van der Waals surface area contributed by atoms with Gasteiger partial charge >= 0.3 is 0 Å². The molecule has 0 saturated heterocycles. The molecule has 2 aromatic rings. The number of fused-ring (bicyclic) bond motifs is 1. The normalized spacial score (nSPS) is 19.4. The molecule has 0 aliphatic carbocycles. The van der Waals surface area contributed by atoms with Crippen molar-refractivity contribution in [2.45, 2.75) is 12.0 Å². The number of benzene rings is 2. The van der Waals surface area contributed by atoms with Crippen LogP contribution in [0.2, 0.25) is 5.02 Å². The SMILES string of the molecule is O=C(/C=C/C=C/c1ccccc1)C[C@@]1(O)C(=O)Nc2ccc(Cl)cc21. The van der Waals surface area contributed by atoms with Crippen molar-refractivity contribution in [2.75, 3.05) is 5.32 Å². The molecule has 1 aliphatic heterocycles. The fourth-order valence-electron chi connectivity index (χ4n) is 2.70. The van der Waals surface area contributed by atoms with Gasteiger partial charge in [-0.25, -0.2) is 0 Å². The summed E-state index contributed by atoms with van der Waals surface area (Å²) in [7, 11) is 0. The highest BCUT2D eigenvalue weighted by Gasteiger charge is 2.46. The van der Waals surface area contributed by atoms with E-state index in [2.05, 4.69) is 5.32 Å². The Kier molecular flexibility index (Phi) is 4.83. The number of ketones is 1. The molecular formula is C20H16ClNO3. The van der Waals surface area contributed by atoms with E-state index < -0.39 is 11.5 Å². The Morgan fingerprint density at radius 1 is 1.16 bits per heavy atom. The van der Waals surface area contributed by atoms with Crippen LogP contribution >= 0.6 is 11.6 Å².